The molecule has 0 aliphatic carbocycles. The van der Waals surface area contributed by atoms with Gasteiger partial charge in [0.1, 0.15) is 24.1 Å². The van der Waals surface area contributed by atoms with Crippen molar-refractivity contribution < 1.29 is 18.7 Å². The van der Waals surface area contributed by atoms with Gasteiger partial charge in [-0.15, -0.1) is 0 Å². The van der Waals surface area contributed by atoms with E-state index in [1.165, 1.54) is 19.4 Å². The molecule has 0 aliphatic heterocycles. The molecule has 0 aliphatic rings. The summed E-state index contributed by atoms with van der Waals surface area (Å²) in [5, 5.41) is 0. The Balaban J connectivity index is 2.01. The molecule has 25 heavy (non-hydrogen) atoms. The Morgan fingerprint density at radius 2 is 1.84 bits per heavy atom. The second-order valence-electron chi connectivity index (χ2n) is 5.80. The van der Waals surface area contributed by atoms with Crippen molar-refractivity contribution in [3.63, 3.8) is 0 Å². The van der Waals surface area contributed by atoms with Crippen LogP contribution in [0.4, 0.5) is 4.39 Å². The third kappa shape index (κ3) is 6.07. The number of benzene rings is 2. The molecule has 3 nitrogen and oxygen atoms in total. The molecule has 4 heteroatoms. The number of aryl methyl sites for hydroxylation is 1. The Bertz CT molecular complexity index is 720. The zero-order chi connectivity index (χ0) is 18.1. The second-order valence-corrected chi connectivity index (χ2v) is 5.80. The Labute approximate surface area is 148 Å². The van der Waals surface area contributed by atoms with E-state index in [9.17, 15) is 9.18 Å². The van der Waals surface area contributed by atoms with E-state index in [1.54, 1.807) is 30.3 Å². The van der Waals surface area contributed by atoms with E-state index in [1.807, 2.05) is 12.1 Å². The van der Waals surface area contributed by atoms with Gasteiger partial charge >= 0.3 is 5.97 Å². The van der Waals surface area contributed by atoms with E-state index in [0.717, 1.165) is 36.8 Å². The molecule has 0 fully saturated rings. The minimum atomic E-state index is -0.413. The molecule has 132 valence electrons. The zero-order valence-electron chi connectivity index (χ0n) is 14.6. The lowest BCUT2D eigenvalue weighted by Crippen LogP contribution is -1.92. The number of carbonyl (C=O) groups excluding carboxylic acids is 1. The molecule has 0 aromatic heterocycles. The van der Waals surface area contributed by atoms with Gasteiger partial charge in [-0.1, -0.05) is 44.0 Å². The van der Waals surface area contributed by atoms with Crippen molar-refractivity contribution in [3.05, 3.63) is 66.4 Å². The van der Waals surface area contributed by atoms with Crippen molar-refractivity contribution in [1.29, 1.82) is 0 Å². The van der Waals surface area contributed by atoms with Crippen molar-refractivity contribution in [2.75, 3.05) is 0 Å². The minimum Gasteiger partial charge on any atom is -0.462 e. The number of rotatable bonds is 8. The van der Waals surface area contributed by atoms with E-state index in [4.69, 9.17) is 4.74 Å². The number of hydrogen-bond acceptors (Lipinski definition) is 3. The van der Waals surface area contributed by atoms with Gasteiger partial charge in [0.25, 0.3) is 0 Å². The molecule has 0 unspecified atom stereocenters. The first kappa shape index (κ1) is 18.7. The molecule has 0 saturated heterocycles. The summed E-state index contributed by atoms with van der Waals surface area (Å²) in [4.78, 5) is 10.6. The number of ether oxygens (including phenoxy) is 2. The third-order valence-electron chi connectivity index (χ3n) is 3.76. The van der Waals surface area contributed by atoms with Crippen LogP contribution in [-0.2, 0) is 16.0 Å². The van der Waals surface area contributed by atoms with Gasteiger partial charge < -0.3 is 9.47 Å². The monoisotopic (exact) mass is 342 g/mol. The van der Waals surface area contributed by atoms with E-state index in [-0.39, 0.29) is 5.82 Å². The number of esters is 1. The standard InChI is InChI=1S/C21H23FO3/c1-3-4-5-6-17-7-12-20(21(22)15-17)18-8-10-19(11-9-18)25-14-13-24-16(2)23/h7-15H,3-6H2,1-2H3/b14-13-. The largest absolute Gasteiger partial charge is 0.462 e. The topological polar surface area (TPSA) is 35.5 Å². The number of carbonyl (C=O) groups is 1. The molecule has 0 bridgehead atoms. The van der Waals surface area contributed by atoms with Gasteiger partial charge in [0, 0.05) is 12.5 Å². The van der Waals surface area contributed by atoms with Crippen LogP contribution in [0, 0.1) is 5.82 Å². The van der Waals surface area contributed by atoms with Crippen LogP contribution < -0.4 is 4.74 Å². The third-order valence-corrected chi connectivity index (χ3v) is 3.76. The Morgan fingerprint density at radius 3 is 2.48 bits per heavy atom. The fourth-order valence-electron chi connectivity index (χ4n) is 2.47. The summed E-state index contributed by atoms with van der Waals surface area (Å²) in [6.07, 6.45) is 6.77. The first-order valence-corrected chi connectivity index (χ1v) is 8.48. The van der Waals surface area contributed by atoms with Crippen LogP contribution in [0.5, 0.6) is 5.75 Å². The van der Waals surface area contributed by atoms with Crippen molar-refractivity contribution >= 4 is 5.97 Å². The van der Waals surface area contributed by atoms with Crippen LogP contribution in [0.25, 0.3) is 11.1 Å². The smallest absolute Gasteiger partial charge is 0.307 e. The molecule has 0 spiro atoms. The molecule has 2 rings (SSSR count). The number of halogens is 1. The Kier molecular flexibility index (Phi) is 7.20. The minimum absolute atomic E-state index is 0.211. The number of unbranched alkanes of at least 4 members (excludes halogenated alkanes) is 2. The van der Waals surface area contributed by atoms with Crippen LogP contribution in [0.15, 0.2) is 55.0 Å². The Morgan fingerprint density at radius 1 is 1.08 bits per heavy atom. The molecule has 0 radical (unpaired) electrons. The normalized spacial score (nSPS) is 10.8. The summed E-state index contributed by atoms with van der Waals surface area (Å²) < 4.78 is 24.3. The maximum atomic E-state index is 14.4. The highest BCUT2D eigenvalue weighted by Gasteiger charge is 2.06. The summed E-state index contributed by atoms with van der Waals surface area (Å²) in [6.45, 7) is 3.46. The first-order chi connectivity index (χ1) is 12.1. The predicted octanol–water partition coefficient (Wildman–Crippen LogP) is 5.64. The molecule has 0 atom stereocenters. The van der Waals surface area contributed by atoms with Gasteiger partial charge in [0.2, 0.25) is 0 Å². The lowest BCUT2D eigenvalue weighted by molar-refractivity contribution is -0.135. The van der Waals surface area contributed by atoms with Crippen LogP contribution in [-0.4, -0.2) is 5.97 Å². The van der Waals surface area contributed by atoms with Gasteiger partial charge in [0.15, 0.2) is 0 Å². The lowest BCUT2D eigenvalue weighted by atomic mass is 10.0. The van der Waals surface area contributed by atoms with Gasteiger partial charge in [-0.05, 0) is 42.2 Å². The fourth-order valence-corrected chi connectivity index (χ4v) is 2.47. The summed E-state index contributed by atoms with van der Waals surface area (Å²) in [7, 11) is 0. The summed E-state index contributed by atoms with van der Waals surface area (Å²) in [6, 6.07) is 12.5. The van der Waals surface area contributed by atoms with Crippen LogP contribution in [0.2, 0.25) is 0 Å². The highest BCUT2D eigenvalue weighted by molar-refractivity contribution is 5.66. The Hall–Kier alpha value is -2.62. The molecule has 0 N–H and O–H groups in total. The van der Waals surface area contributed by atoms with Gasteiger partial charge in [-0.3, -0.25) is 4.79 Å². The molecule has 2 aromatic carbocycles. The van der Waals surface area contributed by atoms with Crippen LogP contribution in [0.3, 0.4) is 0 Å². The van der Waals surface area contributed by atoms with E-state index in [0.29, 0.717) is 11.3 Å². The predicted molar refractivity (Wildman–Crippen MR) is 96.6 cm³/mol. The maximum Gasteiger partial charge on any atom is 0.307 e. The molecular weight excluding hydrogens is 319 g/mol. The lowest BCUT2D eigenvalue weighted by Gasteiger charge is -2.08. The summed E-state index contributed by atoms with van der Waals surface area (Å²) >= 11 is 0. The van der Waals surface area contributed by atoms with Crippen molar-refractivity contribution in [1.82, 2.24) is 0 Å². The molecular formula is C21H23FO3. The van der Waals surface area contributed by atoms with Gasteiger partial charge in [-0.2, -0.15) is 0 Å². The zero-order valence-corrected chi connectivity index (χ0v) is 14.6. The molecule has 0 heterocycles. The highest BCUT2D eigenvalue weighted by Crippen LogP contribution is 2.26. The molecule has 0 saturated carbocycles. The van der Waals surface area contributed by atoms with Crippen LogP contribution in [0.1, 0.15) is 38.7 Å². The van der Waals surface area contributed by atoms with Crippen molar-refractivity contribution in [2.45, 2.75) is 39.5 Å². The maximum absolute atomic E-state index is 14.4. The molecule has 2 aromatic rings. The quantitative estimate of drug-likeness (QED) is 0.354. The van der Waals surface area contributed by atoms with Crippen molar-refractivity contribution in [2.24, 2.45) is 0 Å². The average molecular weight is 342 g/mol. The fraction of sp³-hybridized carbons (Fsp3) is 0.286. The van der Waals surface area contributed by atoms with E-state index in [2.05, 4.69) is 11.7 Å². The average Bonchev–Trinajstić information content (AvgIpc) is 2.60. The van der Waals surface area contributed by atoms with Crippen molar-refractivity contribution in [3.8, 4) is 16.9 Å². The van der Waals surface area contributed by atoms with E-state index >= 15 is 0 Å². The highest BCUT2D eigenvalue weighted by atomic mass is 19.1. The van der Waals surface area contributed by atoms with E-state index < -0.39 is 5.97 Å². The first-order valence-electron chi connectivity index (χ1n) is 8.48. The van der Waals surface area contributed by atoms with Gasteiger partial charge in [-0.25, -0.2) is 4.39 Å². The van der Waals surface area contributed by atoms with Gasteiger partial charge in [0.05, 0.1) is 0 Å². The summed E-state index contributed by atoms with van der Waals surface area (Å²) in [5.41, 5.74) is 2.39. The molecule has 0 amide bonds. The second kappa shape index (κ2) is 9.62. The number of hydrogen-bond donors (Lipinski definition) is 0. The SMILES string of the molecule is CCCCCc1ccc(-c2ccc(O/C=C\OC(C)=O)cc2)c(F)c1. The summed E-state index contributed by atoms with van der Waals surface area (Å²) in [5.74, 6) is -0.0509. The van der Waals surface area contributed by atoms with Crippen LogP contribution >= 0.6 is 0 Å².